The Morgan fingerprint density at radius 2 is 2.07 bits per heavy atom. The number of ether oxygens (including phenoxy) is 1. The molecule has 0 aliphatic carbocycles. The van der Waals surface area contributed by atoms with Crippen LogP contribution in [0.3, 0.4) is 0 Å². The van der Waals surface area contributed by atoms with Gasteiger partial charge in [0.05, 0.1) is 12.5 Å². The van der Waals surface area contributed by atoms with Gasteiger partial charge in [-0.3, -0.25) is 4.79 Å². The number of carbonyl (C=O) groups is 1. The number of hydrogen-bond acceptors (Lipinski definition) is 6. The van der Waals surface area contributed by atoms with Gasteiger partial charge in [0.1, 0.15) is 17.9 Å². The first kappa shape index (κ1) is 20.1. The summed E-state index contributed by atoms with van der Waals surface area (Å²) in [6.45, 7) is 8.24. The molecular formula is C22H28N6O2. The Labute approximate surface area is 176 Å². The lowest BCUT2D eigenvalue weighted by Gasteiger charge is -2.35. The standard InChI is InChI=1S/C22H28N6O2/c1-4-19-15(3)25-22-23-14-24-28(22)21(19)27-12-6-7-16(13-27)20(29)26-17-8-10-18(11-9-17)30-5-2/h8-11,14,16H,4-7,12-13H2,1-3H3,(H,26,29)/t16-/m1/s1. The van der Waals surface area contributed by atoms with E-state index in [1.54, 1.807) is 4.52 Å². The number of nitrogens with one attached hydrogen (secondary N) is 1. The van der Waals surface area contributed by atoms with Crippen LogP contribution < -0.4 is 15.0 Å². The minimum Gasteiger partial charge on any atom is -0.494 e. The quantitative estimate of drug-likeness (QED) is 0.674. The lowest BCUT2D eigenvalue weighted by Crippen LogP contribution is -2.42. The zero-order valence-corrected chi connectivity index (χ0v) is 17.8. The summed E-state index contributed by atoms with van der Waals surface area (Å²) in [5, 5.41) is 7.45. The second-order valence-electron chi connectivity index (χ2n) is 7.56. The van der Waals surface area contributed by atoms with Gasteiger partial charge >= 0.3 is 0 Å². The molecule has 1 aliphatic rings. The highest BCUT2D eigenvalue weighted by atomic mass is 16.5. The summed E-state index contributed by atoms with van der Waals surface area (Å²) in [6, 6.07) is 7.51. The average Bonchev–Trinajstić information content (AvgIpc) is 3.22. The van der Waals surface area contributed by atoms with E-state index in [4.69, 9.17) is 4.74 Å². The van der Waals surface area contributed by atoms with Crippen molar-refractivity contribution in [2.75, 3.05) is 29.9 Å². The molecule has 0 spiro atoms. The van der Waals surface area contributed by atoms with E-state index in [0.717, 1.165) is 54.3 Å². The van der Waals surface area contributed by atoms with Crippen LogP contribution in [0.2, 0.25) is 0 Å². The smallest absolute Gasteiger partial charge is 0.254 e. The van der Waals surface area contributed by atoms with E-state index in [2.05, 4.69) is 32.2 Å². The molecule has 8 nitrogen and oxygen atoms in total. The van der Waals surface area contributed by atoms with Crippen LogP contribution in [-0.2, 0) is 11.2 Å². The van der Waals surface area contributed by atoms with Crippen molar-refractivity contribution in [2.24, 2.45) is 5.92 Å². The fraction of sp³-hybridized carbons (Fsp3) is 0.455. The van der Waals surface area contributed by atoms with Crippen molar-refractivity contribution in [3.63, 3.8) is 0 Å². The molecule has 30 heavy (non-hydrogen) atoms. The van der Waals surface area contributed by atoms with Gasteiger partial charge in [0.25, 0.3) is 5.78 Å². The van der Waals surface area contributed by atoms with Crippen LogP contribution in [0.15, 0.2) is 30.6 Å². The molecule has 1 N–H and O–H groups in total. The second kappa shape index (κ2) is 8.69. The van der Waals surface area contributed by atoms with Gasteiger partial charge in [-0.1, -0.05) is 6.92 Å². The number of nitrogens with zero attached hydrogens (tertiary/aromatic N) is 5. The van der Waals surface area contributed by atoms with Crippen LogP contribution in [-0.4, -0.2) is 45.2 Å². The molecule has 1 amide bonds. The first-order valence-electron chi connectivity index (χ1n) is 10.6. The maximum atomic E-state index is 13.0. The topological polar surface area (TPSA) is 84.6 Å². The molecule has 0 unspecified atom stereocenters. The monoisotopic (exact) mass is 408 g/mol. The zero-order chi connectivity index (χ0) is 21.1. The summed E-state index contributed by atoms with van der Waals surface area (Å²) in [5.74, 6) is 2.36. The van der Waals surface area contributed by atoms with Gasteiger partial charge in [0.2, 0.25) is 5.91 Å². The van der Waals surface area contributed by atoms with E-state index in [1.807, 2.05) is 38.1 Å². The third-order valence-electron chi connectivity index (χ3n) is 5.58. The van der Waals surface area contributed by atoms with Gasteiger partial charge in [0, 0.05) is 30.0 Å². The van der Waals surface area contributed by atoms with Crippen LogP contribution in [0.4, 0.5) is 11.5 Å². The Morgan fingerprint density at radius 3 is 2.80 bits per heavy atom. The van der Waals surface area contributed by atoms with Crippen LogP contribution in [0.5, 0.6) is 5.75 Å². The number of anilines is 2. The number of benzene rings is 1. The van der Waals surface area contributed by atoms with Gasteiger partial charge in [-0.2, -0.15) is 14.6 Å². The van der Waals surface area contributed by atoms with Crippen LogP contribution in [0, 0.1) is 12.8 Å². The Kier molecular flexibility index (Phi) is 5.83. The van der Waals surface area contributed by atoms with Gasteiger partial charge in [-0.15, -0.1) is 0 Å². The number of carbonyl (C=O) groups excluding carboxylic acids is 1. The van der Waals surface area contributed by atoms with E-state index in [9.17, 15) is 4.79 Å². The second-order valence-corrected chi connectivity index (χ2v) is 7.56. The van der Waals surface area contributed by atoms with E-state index in [1.165, 1.54) is 6.33 Å². The molecule has 1 saturated heterocycles. The fourth-order valence-corrected chi connectivity index (χ4v) is 4.14. The predicted octanol–water partition coefficient (Wildman–Crippen LogP) is 3.25. The van der Waals surface area contributed by atoms with Crippen LogP contribution in [0.25, 0.3) is 5.78 Å². The third-order valence-corrected chi connectivity index (χ3v) is 5.58. The number of hydrogen-bond donors (Lipinski definition) is 1. The van der Waals surface area contributed by atoms with Crippen molar-refractivity contribution in [3.8, 4) is 5.75 Å². The Morgan fingerprint density at radius 1 is 1.27 bits per heavy atom. The van der Waals surface area contributed by atoms with Crippen molar-refractivity contribution < 1.29 is 9.53 Å². The van der Waals surface area contributed by atoms with Gasteiger partial charge in [-0.05, 0) is 57.4 Å². The molecule has 1 fully saturated rings. The van der Waals surface area contributed by atoms with Crippen molar-refractivity contribution in [2.45, 2.75) is 40.0 Å². The summed E-state index contributed by atoms with van der Waals surface area (Å²) < 4.78 is 7.27. The van der Waals surface area contributed by atoms with E-state index < -0.39 is 0 Å². The molecule has 3 heterocycles. The minimum atomic E-state index is -0.0953. The summed E-state index contributed by atoms with van der Waals surface area (Å²) in [4.78, 5) is 24.1. The summed E-state index contributed by atoms with van der Waals surface area (Å²) in [6.07, 6.45) is 4.20. The molecule has 4 rings (SSSR count). The zero-order valence-electron chi connectivity index (χ0n) is 17.8. The maximum Gasteiger partial charge on any atom is 0.254 e. The summed E-state index contributed by atoms with van der Waals surface area (Å²) >= 11 is 0. The number of amides is 1. The van der Waals surface area contributed by atoms with Gasteiger partial charge < -0.3 is 15.0 Å². The number of aryl methyl sites for hydroxylation is 1. The Balaban J connectivity index is 1.53. The maximum absolute atomic E-state index is 13.0. The summed E-state index contributed by atoms with van der Waals surface area (Å²) in [7, 11) is 0. The number of aromatic nitrogens is 4. The van der Waals surface area contributed by atoms with Gasteiger partial charge in [0.15, 0.2) is 0 Å². The van der Waals surface area contributed by atoms with Crippen molar-refractivity contribution in [1.29, 1.82) is 0 Å². The SMILES string of the molecule is CCOc1ccc(NC(=O)[C@@H]2CCCN(c3c(CC)c(C)nc4ncnn34)C2)cc1. The number of fused-ring (bicyclic) bond motifs is 1. The first-order chi connectivity index (χ1) is 14.6. The van der Waals surface area contributed by atoms with Crippen LogP contribution >= 0.6 is 0 Å². The fourth-order valence-electron chi connectivity index (χ4n) is 4.14. The molecule has 0 saturated carbocycles. The Hall–Kier alpha value is -3.16. The molecule has 0 bridgehead atoms. The highest BCUT2D eigenvalue weighted by molar-refractivity contribution is 5.93. The molecule has 1 aromatic carbocycles. The molecular weight excluding hydrogens is 380 g/mol. The third kappa shape index (κ3) is 3.94. The molecule has 3 aromatic rings. The van der Waals surface area contributed by atoms with Crippen molar-refractivity contribution in [1.82, 2.24) is 19.6 Å². The van der Waals surface area contributed by atoms with Crippen molar-refractivity contribution >= 4 is 23.2 Å². The Bertz CT molecular complexity index is 1030. The van der Waals surface area contributed by atoms with E-state index >= 15 is 0 Å². The highest BCUT2D eigenvalue weighted by Crippen LogP contribution is 2.29. The molecule has 158 valence electrons. The molecule has 1 atom stereocenters. The number of piperidine rings is 1. The molecule has 0 radical (unpaired) electrons. The summed E-state index contributed by atoms with van der Waals surface area (Å²) in [5.41, 5.74) is 2.91. The number of rotatable bonds is 6. The van der Waals surface area contributed by atoms with Crippen LogP contribution in [0.1, 0.15) is 37.9 Å². The average molecular weight is 409 g/mol. The lowest BCUT2D eigenvalue weighted by atomic mass is 9.96. The first-order valence-corrected chi connectivity index (χ1v) is 10.6. The largest absolute Gasteiger partial charge is 0.494 e. The lowest BCUT2D eigenvalue weighted by molar-refractivity contribution is -0.120. The van der Waals surface area contributed by atoms with E-state index in [-0.39, 0.29) is 11.8 Å². The van der Waals surface area contributed by atoms with Gasteiger partial charge in [-0.25, -0.2) is 4.98 Å². The minimum absolute atomic E-state index is 0.0440. The van der Waals surface area contributed by atoms with E-state index in [0.29, 0.717) is 18.9 Å². The normalized spacial score (nSPS) is 16.6. The van der Waals surface area contributed by atoms with Crippen molar-refractivity contribution in [3.05, 3.63) is 41.9 Å². The molecule has 8 heteroatoms. The molecule has 2 aromatic heterocycles. The predicted molar refractivity (Wildman–Crippen MR) is 116 cm³/mol. The highest BCUT2D eigenvalue weighted by Gasteiger charge is 2.29. The molecule has 1 aliphatic heterocycles.